The highest BCUT2D eigenvalue weighted by Gasteiger charge is 2.24. The van der Waals surface area contributed by atoms with Gasteiger partial charge in [0.25, 0.3) is 5.91 Å². The maximum atomic E-state index is 12.3. The summed E-state index contributed by atoms with van der Waals surface area (Å²) in [4.78, 5) is 14.1. The van der Waals surface area contributed by atoms with Crippen molar-refractivity contribution in [3.8, 4) is 5.75 Å². The van der Waals surface area contributed by atoms with Crippen LogP contribution in [0.3, 0.4) is 0 Å². The van der Waals surface area contributed by atoms with Gasteiger partial charge in [-0.05, 0) is 35.8 Å². The highest BCUT2D eigenvalue weighted by atomic mass is 16.5. The number of amides is 1. The van der Waals surface area contributed by atoms with Gasteiger partial charge in [0.15, 0.2) is 6.61 Å². The molecule has 4 heteroatoms. The normalized spacial score (nSPS) is 19.1. The molecule has 0 radical (unpaired) electrons. The lowest BCUT2D eigenvalue weighted by Crippen LogP contribution is -2.43. The zero-order valence-corrected chi connectivity index (χ0v) is 13.8. The van der Waals surface area contributed by atoms with Gasteiger partial charge in [-0.15, -0.1) is 0 Å². The first-order valence-corrected chi connectivity index (χ1v) is 8.02. The number of likely N-dealkylation sites (tertiary alicyclic amines) is 1. The Kier molecular flexibility index (Phi) is 5.46. The van der Waals surface area contributed by atoms with Crippen LogP contribution in [-0.2, 0) is 10.2 Å². The number of aliphatic hydroxyl groups is 1. The number of para-hydroxylation sites is 1. The Hall–Kier alpha value is -1.55. The van der Waals surface area contributed by atoms with Crippen LogP contribution in [0.4, 0.5) is 0 Å². The summed E-state index contributed by atoms with van der Waals surface area (Å²) in [5, 5.41) is 9.26. The van der Waals surface area contributed by atoms with Gasteiger partial charge in [-0.3, -0.25) is 4.79 Å². The third-order valence-electron chi connectivity index (χ3n) is 4.18. The van der Waals surface area contributed by atoms with Gasteiger partial charge < -0.3 is 14.7 Å². The van der Waals surface area contributed by atoms with Crippen molar-refractivity contribution in [3.63, 3.8) is 0 Å². The highest BCUT2D eigenvalue weighted by molar-refractivity contribution is 5.78. The number of ether oxygens (including phenoxy) is 1. The van der Waals surface area contributed by atoms with Crippen molar-refractivity contribution < 1.29 is 14.6 Å². The topological polar surface area (TPSA) is 49.8 Å². The zero-order chi connectivity index (χ0) is 16.2. The summed E-state index contributed by atoms with van der Waals surface area (Å²) in [6.45, 7) is 8.01. The van der Waals surface area contributed by atoms with Crippen molar-refractivity contribution in [2.75, 3.05) is 26.3 Å². The first-order valence-electron chi connectivity index (χ1n) is 8.02. The number of aliphatic hydroxyl groups excluding tert-OH is 1. The minimum absolute atomic E-state index is 0.00172. The molecule has 1 aliphatic heterocycles. The minimum Gasteiger partial charge on any atom is -0.483 e. The van der Waals surface area contributed by atoms with Crippen LogP contribution in [0.15, 0.2) is 24.3 Å². The molecule has 1 aromatic carbocycles. The third-order valence-corrected chi connectivity index (χ3v) is 4.18. The van der Waals surface area contributed by atoms with E-state index in [0.717, 1.165) is 30.7 Å². The first kappa shape index (κ1) is 16.8. The standard InChI is InChI=1S/C18H27NO3/c1-18(2,3)15-8-4-5-9-16(15)22-13-17(21)19-10-6-7-14(11-19)12-20/h4-5,8-9,14,20H,6-7,10-13H2,1-3H3. The fourth-order valence-corrected chi connectivity index (χ4v) is 2.88. The number of nitrogens with zero attached hydrogens (tertiary/aromatic N) is 1. The van der Waals surface area contributed by atoms with Crippen molar-refractivity contribution in [3.05, 3.63) is 29.8 Å². The molecular weight excluding hydrogens is 278 g/mol. The van der Waals surface area contributed by atoms with E-state index in [9.17, 15) is 9.90 Å². The number of piperidine rings is 1. The van der Waals surface area contributed by atoms with Crippen molar-refractivity contribution in [1.29, 1.82) is 0 Å². The molecule has 1 saturated heterocycles. The number of rotatable bonds is 4. The molecular formula is C18H27NO3. The van der Waals surface area contributed by atoms with E-state index in [1.165, 1.54) is 0 Å². The van der Waals surface area contributed by atoms with Gasteiger partial charge in [0.05, 0.1) is 0 Å². The Labute approximate surface area is 133 Å². The largest absolute Gasteiger partial charge is 0.483 e. The van der Waals surface area contributed by atoms with Gasteiger partial charge in [0.1, 0.15) is 5.75 Å². The molecule has 1 amide bonds. The Morgan fingerprint density at radius 1 is 1.36 bits per heavy atom. The fourth-order valence-electron chi connectivity index (χ4n) is 2.88. The Balaban J connectivity index is 1.97. The molecule has 0 spiro atoms. The van der Waals surface area contributed by atoms with Crippen molar-refractivity contribution in [2.45, 2.75) is 39.0 Å². The van der Waals surface area contributed by atoms with Crippen LogP contribution in [0.1, 0.15) is 39.2 Å². The quantitative estimate of drug-likeness (QED) is 0.930. The summed E-state index contributed by atoms with van der Waals surface area (Å²) >= 11 is 0. The van der Waals surface area contributed by atoms with Gasteiger partial charge in [-0.25, -0.2) is 0 Å². The Morgan fingerprint density at radius 2 is 2.09 bits per heavy atom. The van der Waals surface area contributed by atoms with Gasteiger partial charge in [0.2, 0.25) is 0 Å². The summed E-state index contributed by atoms with van der Waals surface area (Å²) < 4.78 is 5.79. The van der Waals surface area contributed by atoms with E-state index in [1.807, 2.05) is 29.2 Å². The molecule has 1 aliphatic rings. The van der Waals surface area contributed by atoms with Crippen molar-refractivity contribution in [1.82, 2.24) is 4.90 Å². The monoisotopic (exact) mass is 305 g/mol. The number of carbonyl (C=O) groups is 1. The molecule has 1 atom stereocenters. The molecule has 0 aromatic heterocycles. The second kappa shape index (κ2) is 7.14. The first-order chi connectivity index (χ1) is 10.4. The van der Waals surface area contributed by atoms with Crippen molar-refractivity contribution >= 4 is 5.91 Å². The molecule has 1 aromatic rings. The van der Waals surface area contributed by atoms with Gasteiger partial charge in [-0.1, -0.05) is 39.0 Å². The van der Waals surface area contributed by atoms with E-state index in [0.29, 0.717) is 6.54 Å². The maximum absolute atomic E-state index is 12.3. The van der Waals surface area contributed by atoms with Gasteiger partial charge >= 0.3 is 0 Å². The molecule has 1 fully saturated rings. The summed E-state index contributed by atoms with van der Waals surface area (Å²) in [6.07, 6.45) is 1.95. The minimum atomic E-state index is -0.0211. The van der Waals surface area contributed by atoms with E-state index in [1.54, 1.807) is 0 Å². The van der Waals surface area contributed by atoms with Crippen LogP contribution in [0.2, 0.25) is 0 Å². The summed E-state index contributed by atoms with van der Waals surface area (Å²) in [6, 6.07) is 7.88. The molecule has 1 N–H and O–H groups in total. The van der Waals surface area contributed by atoms with E-state index in [4.69, 9.17) is 4.74 Å². The predicted octanol–water partition coefficient (Wildman–Crippen LogP) is 2.59. The molecule has 122 valence electrons. The fraction of sp³-hybridized carbons (Fsp3) is 0.611. The van der Waals surface area contributed by atoms with Crippen LogP contribution in [0.25, 0.3) is 0 Å². The number of hydrogen-bond acceptors (Lipinski definition) is 3. The summed E-state index contributed by atoms with van der Waals surface area (Å²) in [5.74, 6) is 0.987. The van der Waals surface area contributed by atoms with E-state index >= 15 is 0 Å². The van der Waals surface area contributed by atoms with Crippen molar-refractivity contribution in [2.24, 2.45) is 5.92 Å². The summed E-state index contributed by atoms with van der Waals surface area (Å²) in [5.41, 5.74) is 1.09. The molecule has 2 rings (SSSR count). The molecule has 0 saturated carbocycles. The lowest BCUT2D eigenvalue weighted by Gasteiger charge is -2.32. The van der Waals surface area contributed by atoms with Crippen LogP contribution in [0, 0.1) is 5.92 Å². The zero-order valence-electron chi connectivity index (χ0n) is 13.8. The van der Waals surface area contributed by atoms with Crippen LogP contribution >= 0.6 is 0 Å². The molecule has 0 aliphatic carbocycles. The predicted molar refractivity (Wildman–Crippen MR) is 87.0 cm³/mol. The van der Waals surface area contributed by atoms with E-state index in [2.05, 4.69) is 20.8 Å². The SMILES string of the molecule is CC(C)(C)c1ccccc1OCC(=O)N1CCCC(CO)C1. The lowest BCUT2D eigenvalue weighted by atomic mass is 9.86. The average molecular weight is 305 g/mol. The molecule has 1 heterocycles. The number of hydrogen-bond donors (Lipinski definition) is 1. The third kappa shape index (κ3) is 4.23. The molecule has 4 nitrogen and oxygen atoms in total. The second-order valence-electron chi connectivity index (χ2n) is 7.07. The average Bonchev–Trinajstić information content (AvgIpc) is 2.52. The summed E-state index contributed by atoms with van der Waals surface area (Å²) in [7, 11) is 0. The van der Waals surface area contributed by atoms with Crippen LogP contribution in [0.5, 0.6) is 5.75 Å². The van der Waals surface area contributed by atoms with E-state index < -0.39 is 0 Å². The Morgan fingerprint density at radius 3 is 2.77 bits per heavy atom. The van der Waals surface area contributed by atoms with E-state index in [-0.39, 0.29) is 30.5 Å². The van der Waals surface area contributed by atoms with Crippen LogP contribution < -0.4 is 4.74 Å². The molecule has 22 heavy (non-hydrogen) atoms. The second-order valence-corrected chi connectivity index (χ2v) is 7.07. The van der Waals surface area contributed by atoms with Crippen LogP contribution in [-0.4, -0.2) is 42.2 Å². The molecule has 1 unspecified atom stereocenters. The number of benzene rings is 1. The maximum Gasteiger partial charge on any atom is 0.260 e. The molecule has 0 bridgehead atoms. The number of carbonyl (C=O) groups excluding carboxylic acids is 1. The van der Waals surface area contributed by atoms with Gasteiger partial charge in [0, 0.05) is 19.7 Å². The highest BCUT2D eigenvalue weighted by Crippen LogP contribution is 2.31. The van der Waals surface area contributed by atoms with Gasteiger partial charge in [-0.2, -0.15) is 0 Å². The smallest absolute Gasteiger partial charge is 0.260 e. The Bertz CT molecular complexity index is 507. The lowest BCUT2D eigenvalue weighted by molar-refractivity contribution is -0.135.